The van der Waals surface area contributed by atoms with Gasteiger partial charge in [0.15, 0.2) is 0 Å². The van der Waals surface area contributed by atoms with Crippen LogP contribution in [0.4, 0.5) is 17.6 Å². The largest absolute Gasteiger partial charge is 0.419 e. The highest BCUT2D eigenvalue weighted by Crippen LogP contribution is 2.32. The van der Waals surface area contributed by atoms with Crippen LogP contribution in [0.1, 0.15) is 37.3 Å². The lowest BCUT2D eigenvalue weighted by atomic mass is 10.1. The fourth-order valence-corrected chi connectivity index (χ4v) is 1.93. The minimum Gasteiger partial charge on any atom is -0.310 e. The second-order valence-corrected chi connectivity index (χ2v) is 5.05. The molecule has 0 radical (unpaired) electrons. The van der Waals surface area contributed by atoms with E-state index < -0.39 is 17.6 Å². The molecule has 20 heavy (non-hydrogen) atoms. The van der Waals surface area contributed by atoms with Crippen molar-refractivity contribution in [1.29, 1.82) is 0 Å². The van der Waals surface area contributed by atoms with Gasteiger partial charge in [-0.1, -0.05) is 24.6 Å². The predicted molar refractivity (Wildman–Crippen MR) is 70.7 cm³/mol. The van der Waals surface area contributed by atoms with Gasteiger partial charge in [-0.3, -0.25) is 0 Å². The molecule has 1 fully saturated rings. The Morgan fingerprint density at radius 1 is 1.35 bits per heavy atom. The van der Waals surface area contributed by atoms with Gasteiger partial charge in [0.25, 0.3) is 0 Å². The van der Waals surface area contributed by atoms with E-state index >= 15 is 0 Å². The monoisotopic (exact) mass is 287 g/mol. The molecule has 0 heterocycles. The van der Waals surface area contributed by atoms with Crippen molar-refractivity contribution in [2.75, 3.05) is 6.54 Å². The molecule has 0 atom stereocenters. The molecule has 1 aliphatic carbocycles. The first-order valence-electron chi connectivity index (χ1n) is 6.69. The van der Waals surface area contributed by atoms with Crippen molar-refractivity contribution in [1.82, 2.24) is 5.32 Å². The van der Waals surface area contributed by atoms with E-state index in [9.17, 15) is 17.6 Å². The van der Waals surface area contributed by atoms with Crippen LogP contribution in [0.3, 0.4) is 0 Å². The van der Waals surface area contributed by atoms with Crippen LogP contribution in [0, 0.1) is 5.82 Å². The fraction of sp³-hybridized carbons (Fsp3) is 0.467. The van der Waals surface area contributed by atoms with E-state index in [1.165, 1.54) is 6.07 Å². The molecule has 2 rings (SSSR count). The molecule has 1 N–H and O–H groups in total. The summed E-state index contributed by atoms with van der Waals surface area (Å²) in [4.78, 5) is 0. The zero-order chi connectivity index (χ0) is 14.8. The summed E-state index contributed by atoms with van der Waals surface area (Å²) in [6.45, 7) is 2.62. The molecule has 0 saturated heterocycles. The first-order valence-corrected chi connectivity index (χ1v) is 6.69. The average Bonchev–Trinajstić information content (AvgIpc) is 3.19. The maximum Gasteiger partial charge on any atom is 0.419 e. The van der Waals surface area contributed by atoms with Crippen LogP contribution in [-0.2, 0) is 6.18 Å². The molecule has 1 aliphatic rings. The Balaban J connectivity index is 2.17. The lowest BCUT2D eigenvalue weighted by molar-refractivity contribution is -0.140. The molecule has 0 amide bonds. The zero-order valence-electron chi connectivity index (χ0n) is 11.2. The van der Waals surface area contributed by atoms with Crippen LogP contribution in [0.5, 0.6) is 0 Å². The molecule has 0 aromatic heterocycles. The topological polar surface area (TPSA) is 12.0 Å². The summed E-state index contributed by atoms with van der Waals surface area (Å²) < 4.78 is 51.1. The summed E-state index contributed by atoms with van der Waals surface area (Å²) in [6, 6.07) is 3.65. The van der Waals surface area contributed by atoms with Gasteiger partial charge in [-0.25, -0.2) is 4.39 Å². The Morgan fingerprint density at radius 3 is 2.60 bits per heavy atom. The molecule has 1 saturated carbocycles. The summed E-state index contributed by atoms with van der Waals surface area (Å²) in [5.41, 5.74) is 0.182. The van der Waals surface area contributed by atoms with Gasteiger partial charge in [0.05, 0.1) is 5.56 Å². The minimum atomic E-state index is -4.66. The van der Waals surface area contributed by atoms with Gasteiger partial charge in [0.1, 0.15) is 5.82 Å². The van der Waals surface area contributed by atoms with Crippen molar-refractivity contribution in [2.45, 2.75) is 38.4 Å². The molecule has 0 spiro atoms. The third-order valence-corrected chi connectivity index (χ3v) is 3.32. The number of benzene rings is 1. The number of hydrogen-bond acceptors (Lipinski definition) is 1. The number of rotatable bonds is 5. The van der Waals surface area contributed by atoms with E-state index in [4.69, 9.17) is 0 Å². The number of alkyl halides is 3. The van der Waals surface area contributed by atoms with Crippen molar-refractivity contribution in [2.24, 2.45) is 0 Å². The summed E-state index contributed by atoms with van der Waals surface area (Å²) in [6.07, 6.45) is 0.104. The Morgan fingerprint density at radius 2 is 2.05 bits per heavy atom. The van der Waals surface area contributed by atoms with Gasteiger partial charge >= 0.3 is 6.18 Å². The quantitative estimate of drug-likeness (QED) is 0.792. The molecule has 5 heteroatoms. The van der Waals surface area contributed by atoms with Crippen molar-refractivity contribution < 1.29 is 17.6 Å². The Labute approximate surface area is 115 Å². The van der Waals surface area contributed by atoms with Crippen LogP contribution in [0.15, 0.2) is 23.8 Å². The van der Waals surface area contributed by atoms with Gasteiger partial charge in [-0.05, 0) is 37.0 Å². The standard InChI is InChI=1S/C15H17F4N/c1-2-10(9-20-12-4-5-12)7-11-3-6-14(16)13(8-11)15(17,18)19/h3,6-8,12,20H,2,4-5,9H2,1H3/b10-7-. The summed E-state index contributed by atoms with van der Waals surface area (Å²) in [7, 11) is 0. The van der Waals surface area contributed by atoms with E-state index in [-0.39, 0.29) is 0 Å². The Kier molecular flexibility index (Phi) is 4.48. The molecule has 0 aliphatic heterocycles. The maximum absolute atomic E-state index is 13.2. The van der Waals surface area contributed by atoms with Crippen molar-refractivity contribution in [3.63, 3.8) is 0 Å². The maximum atomic E-state index is 13.2. The molecule has 0 bridgehead atoms. The molecule has 110 valence electrons. The molecular formula is C15H17F4N. The lowest BCUT2D eigenvalue weighted by Crippen LogP contribution is -2.19. The molecule has 0 unspecified atom stereocenters. The van der Waals surface area contributed by atoms with Gasteiger partial charge in [0.2, 0.25) is 0 Å². The Bertz CT molecular complexity index is 501. The average molecular weight is 287 g/mol. The Hall–Kier alpha value is -1.36. The second-order valence-electron chi connectivity index (χ2n) is 5.05. The van der Waals surface area contributed by atoms with Gasteiger partial charge in [0, 0.05) is 12.6 Å². The smallest absolute Gasteiger partial charge is 0.310 e. The van der Waals surface area contributed by atoms with Gasteiger partial charge in [-0.2, -0.15) is 13.2 Å². The first-order chi connectivity index (χ1) is 9.40. The third-order valence-electron chi connectivity index (χ3n) is 3.32. The van der Waals surface area contributed by atoms with Crippen molar-refractivity contribution >= 4 is 6.08 Å². The van der Waals surface area contributed by atoms with Gasteiger partial charge < -0.3 is 5.32 Å². The molecule has 1 nitrogen and oxygen atoms in total. The van der Waals surface area contributed by atoms with Crippen LogP contribution >= 0.6 is 0 Å². The van der Waals surface area contributed by atoms with E-state index in [0.717, 1.165) is 37.0 Å². The SMILES string of the molecule is CC/C(=C/c1ccc(F)c(C(F)(F)F)c1)CNC1CC1. The second kappa shape index (κ2) is 5.95. The van der Waals surface area contributed by atoms with E-state index in [0.29, 0.717) is 18.2 Å². The van der Waals surface area contributed by atoms with Crippen LogP contribution in [0.25, 0.3) is 6.08 Å². The summed E-state index contributed by atoms with van der Waals surface area (Å²) >= 11 is 0. The minimum absolute atomic E-state index is 0.383. The summed E-state index contributed by atoms with van der Waals surface area (Å²) in [5.74, 6) is -1.23. The highest BCUT2D eigenvalue weighted by molar-refractivity contribution is 5.54. The third kappa shape index (κ3) is 4.07. The van der Waals surface area contributed by atoms with E-state index in [1.54, 1.807) is 6.08 Å². The van der Waals surface area contributed by atoms with Crippen molar-refractivity contribution in [3.8, 4) is 0 Å². The number of nitrogens with one attached hydrogen (secondary N) is 1. The highest BCUT2D eigenvalue weighted by Gasteiger charge is 2.34. The number of halogens is 4. The van der Waals surface area contributed by atoms with E-state index in [2.05, 4.69) is 5.32 Å². The fourth-order valence-electron chi connectivity index (χ4n) is 1.93. The van der Waals surface area contributed by atoms with Crippen LogP contribution in [-0.4, -0.2) is 12.6 Å². The highest BCUT2D eigenvalue weighted by atomic mass is 19.4. The normalized spacial score (nSPS) is 16.6. The molecular weight excluding hydrogens is 270 g/mol. The number of hydrogen-bond donors (Lipinski definition) is 1. The van der Waals surface area contributed by atoms with Crippen LogP contribution < -0.4 is 5.32 Å². The molecule has 1 aromatic rings. The zero-order valence-corrected chi connectivity index (χ0v) is 11.2. The summed E-state index contributed by atoms with van der Waals surface area (Å²) in [5, 5.41) is 3.32. The van der Waals surface area contributed by atoms with E-state index in [1.807, 2.05) is 6.92 Å². The van der Waals surface area contributed by atoms with Crippen LogP contribution in [0.2, 0.25) is 0 Å². The first kappa shape index (κ1) is 15.0. The predicted octanol–water partition coefficient (Wildman–Crippen LogP) is 4.39. The van der Waals surface area contributed by atoms with Crippen molar-refractivity contribution in [3.05, 3.63) is 40.7 Å². The lowest BCUT2D eigenvalue weighted by Gasteiger charge is -2.10. The van der Waals surface area contributed by atoms with Gasteiger partial charge in [-0.15, -0.1) is 0 Å². The molecule has 1 aromatic carbocycles.